The largest absolute Gasteiger partial charge is 0.389 e. The quantitative estimate of drug-likeness (QED) is 0.421. The molecular weight excluding hydrogens is 258 g/mol. The molecule has 20 heavy (non-hydrogen) atoms. The third-order valence-electron chi connectivity index (χ3n) is 3.18. The Balaban J connectivity index is 3.46. The molecule has 0 radical (unpaired) electrons. The van der Waals surface area contributed by atoms with Gasteiger partial charge in [-0.25, -0.2) is 0 Å². The van der Waals surface area contributed by atoms with Gasteiger partial charge in [-0.1, -0.05) is 26.2 Å². The molecule has 5 nitrogen and oxygen atoms in total. The zero-order valence-electron chi connectivity index (χ0n) is 13.4. The second kappa shape index (κ2) is 12.5. The topological polar surface area (TPSA) is 71.0 Å². The van der Waals surface area contributed by atoms with E-state index in [-0.39, 0.29) is 0 Å². The van der Waals surface area contributed by atoms with Crippen LogP contribution in [0.15, 0.2) is 0 Å². The zero-order valence-corrected chi connectivity index (χ0v) is 13.4. The number of unbranched alkanes of at least 4 members (excludes halogenated alkanes) is 3. The Morgan fingerprint density at radius 1 is 1.20 bits per heavy atom. The highest BCUT2D eigenvalue weighted by molar-refractivity contribution is 4.76. The molecule has 5 heteroatoms. The maximum Gasteiger partial charge on any atom is 0.0897 e. The Bertz CT molecular complexity index is 212. The summed E-state index contributed by atoms with van der Waals surface area (Å²) in [6.45, 7) is 6.38. The molecule has 2 atom stereocenters. The summed E-state index contributed by atoms with van der Waals surface area (Å²) in [4.78, 5) is 0. The summed E-state index contributed by atoms with van der Waals surface area (Å²) >= 11 is 0. The van der Waals surface area contributed by atoms with E-state index in [0.29, 0.717) is 39.3 Å². The van der Waals surface area contributed by atoms with Crippen molar-refractivity contribution < 1.29 is 19.7 Å². The van der Waals surface area contributed by atoms with Crippen LogP contribution in [0, 0.1) is 0 Å². The van der Waals surface area contributed by atoms with Crippen LogP contribution in [0.4, 0.5) is 0 Å². The maximum absolute atomic E-state index is 10.00. The second-order valence-corrected chi connectivity index (χ2v) is 5.66. The first-order valence-electron chi connectivity index (χ1n) is 7.69. The standard InChI is InChI=1S/C15H33NO4/c1-4-5-6-7-9-20-12-14(17)11-16-13-15(2,18)8-10-19-3/h14,16-18H,4-13H2,1-3H3. The van der Waals surface area contributed by atoms with Crippen LogP contribution in [-0.2, 0) is 9.47 Å². The lowest BCUT2D eigenvalue weighted by atomic mass is 10.0. The Morgan fingerprint density at radius 3 is 2.60 bits per heavy atom. The van der Waals surface area contributed by atoms with E-state index in [1.54, 1.807) is 14.0 Å². The van der Waals surface area contributed by atoms with Crippen molar-refractivity contribution in [2.75, 3.05) is 40.0 Å². The normalized spacial score (nSPS) is 16.1. The van der Waals surface area contributed by atoms with Crippen molar-refractivity contribution in [3.63, 3.8) is 0 Å². The zero-order chi connectivity index (χ0) is 15.3. The van der Waals surface area contributed by atoms with Crippen molar-refractivity contribution >= 4 is 0 Å². The lowest BCUT2D eigenvalue weighted by Gasteiger charge is -2.24. The summed E-state index contributed by atoms with van der Waals surface area (Å²) < 4.78 is 10.4. The number of rotatable bonds is 14. The van der Waals surface area contributed by atoms with Gasteiger partial charge in [-0.3, -0.25) is 0 Å². The highest BCUT2D eigenvalue weighted by atomic mass is 16.5. The van der Waals surface area contributed by atoms with E-state index in [2.05, 4.69) is 12.2 Å². The van der Waals surface area contributed by atoms with Crippen molar-refractivity contribution in [1.29, 1.82) is 0 Å². The number of aliphatic hydroxyl groups excluding tert-OH is 1. The summed E-state index contributed by atoms with van der Waals surface area (Å²) in [6.07, 6.45) is 4.74. The molecule has 0 rings (SSSR count). The van der Waals surface area contributed by atoms with Crippen molar-refractivity contribution in [3.8, 4) is 0 Å². The van der Waals surface area contributed by atoms with Crippen LogP contribution in [0.25, 0.3) is 0 Å². The van der Waals surface area contributed by atoms with E-state index in [1.807, 2.05) is 0 Å². The lowest BCUT2D eigenvalue weighted by molar-refractivity contribution is 0.0128. The Hall–Kier alpha value is -0.200. The van der Waals surface area contributed by atoms with Gasteiger partial charge >= 0.3 is 0 Å². The first-order chi connectivity index (χ1) is 9.52. The molecule has 0 aromatic heterocycles. The molecule has 0 aliphatic rings. The van der Waals surface area contributed by atoms with Crippen LogP contribution < -0.4 is 5.32 Å². The third-order valence-corrected chi connectivity index (χ3v) is 3.18. The fourth-order valence-corrected chi connectivity index (χ4v) is 1.83. The minimum atomic E-state index is -0.809. The molecule has 0 saturated carbocycles. The van der Waals surface area contributed by atoms with Gasteiger partial charge in [0, 0.05) is 39.8 Å². The smallest absolute Gasteiger partial charge is 0.0897 e. The molecule has 2 unspecified atom stereocenters. The molecule has 0 fully saturated rings. The van der Waals surface area contributed by atoms with Gasteiger partial charge in [0.1, 0.15) is 0 Å². The number of methoxy groups -OCH3 is 1. The summed E-state index contributed by atoms with van der Waals surface area (Å²) in [6, 6.07) is 0. The molecule has 0 spiro atoms. The van der Waals surface area contributed by atoms with Crippen LogP contribution >= 0.6 is 0 Å². The van der Waals surface area contributed by atoms with E-state index in [0.717, 1.165) is 6.42 Å². The highest BCUT2D eigenvalue weighted by Gasteiger charge is 2.19. The highest BCUT2D eigenvalue weighted by Crippen LogP contribution is 2.07. The molecule has 0 aliphatic carbocycles. The number of ether oxygens (including phenoxy) is 2. The van der Waals surface area contributed by atoms with E-state index >= 15 is 0 Å². The molecule has 0 aromatic rings. The van der Waals surface area contributed by atoms with Gasteiger partial charge in [0.2, 0.25) is 0 Å². The first-order valence-corrected chi connectivity index (χ1v) is 7.69. The van der Waals surface area contributed by atoms with Gasteiger partial charge in [0.15, 0.2) is 0 Å². The monoisotopic (exact) mass is 291 g/mol. The fourth-order valence-electron chi connectivity index (χ4n) is 1.83. The van der Waals surface area contributed by atoms with Gasteiger partial charge in [-0.15, -0.1) is 0 Å². The average Bonchev–Trinajstić information content (AvgIpc) is 2.40. The van der Waals surface area contributed by atoms with E-state index in [1.165, 1.54) is 19.3 Å². The van der Waals surface area contributed by atoms with Gasteiger partial charge in [-0.05, 0) is 13.3 Å². The molecule has 0 aliphatic heterocycles. The summed E-state index contributed by atoms with van der Waals surface area (Å²) in [5, 5.41) is 22.8. The third kappa shape index (κ3) is 12.8. The van der Waals surface area contributed by atoms with Crippen LogP contribution in [-0.4, -0.2) is 61.9 Å². The van der Waals surface area contributed by atoms with Crippen molar-refractivity contribution in [3.05, 3.63) is 0 Å². The van der Waals surface area contributed by atoms with Crippen LogP contribution in [0.2, 0.25) is 0 Å². The molecule has 0 amide bonds. The number of hydrogen-bond acceptors (Lipinski definition) is 5. The van der Waals surface area contributed by atoms with Crippen LogP contribution in [0.5, 0.6) is 0 Å². The average molecular weight is 291 g/mol. The minimum Gasteiger partial charge on any atom is -0.389 e. The predicted octanol–water partition coefficient (Wildman–Crippen LogP) is 1.32. The van der Waals surface area contributed by atoms with E-state index < -0.39 is 11.7 Å². The predicted molar refractivity (Wildman–Crippen MR) is 81.0 cm³/mol. The van der Waals surface area contributed by atoms with Gasteiger partial charge in [0.25, 0.3) is 0 Å². The summed E-state index contributed by atoms with van der Waals surface area (Å²) in [5.41, 5.74) is -0.809. The van der Waals surface area contributed by atoms with Gasteiger partial charge in [0.05, 0.1) is 18.3 Å². The molecule has 0 aromatic carbocycles. The molecular formula is C15H33NO4. The molecule has 3 N–H and O–H groups in total. The Kier molecular flexibility index (Phi) is 12.4. The number of nitrogens with one attached hydrogen (secondary N) is 1. The summed E-state index contributed by atoms with van der Waals surface area (Å²) in [5.74, 6) is 0. The molecule has 0 heterocycles. The van der Waals surface area contributed by atoms with Crippen molar-refractivity contribution in [1.82, 2.24) is 5.32 Å². The molecule has 0 bridgehead atoms. The SMILES string of the molecule is CCCCCCOCC(O)CNCC(C)(O)CCOC. The Morgan fingerprint density at radius 2 is 1.95 bits per heavy atom. The minimum absolute atomic E-state index is 0.347. The second-order valence-electron chi connectivity index (χ2n) is 5.66. The summed E-state index contributed by atoms with van der Waals surface area (Å²) in [7, 11) is 1.62. The maximum atomic E-state index is 10.00. The van der Waals surface area contributed by atoms with E-state index in [4.69, 9.17) is 9.47 Å². The van der Waals surface area contributed by atoms with Crippen LogP contribution in [0.3, 0.4) is 0 Å². The van der Waals surface area contributed by atoms with Crippen LogP contribution in [0.1, 0.15) is 46.0 Å². The fraction of sp³-hybridized carbons (Fsp3) is 1.00. The molecule has 0 saturated heterocycles. The first kappa shape index (κ1) is 19.8. The molecule has 122 valence electrons. The van der Waals surface area contributed by atoms with Gasteiger partial charge < -0.3 is 25.0 Å². The van der Waals surface area contributed by atoms with E-state index in [9.17, 15) is 10.2 Å². The van der Waals surface area contributed by atoms with Crippen molar-refractivity contribution in [2.24, 2.45) is 0 Å². The van der Waals surface area contributed by atoms with Gasteiger partial charge in [-0.2, -0.15) is 0 Å². The Labute approximate surface area is 123 Å². The van der Waals surface area contributed by atoms with Crippen molar-refractivity contribution in [2.45, 2.75) is 57.7 Å². The number of hydrogen-bond donors (Lipinski definition) is 3. The number of aliphatic hydroxyl groups is 2. The lowest BCUT2D eigenvalue weighted by Crippen LogP contribution is -2.42.